The summed E-state index contributed by atoms with van der Waals surface area (Å²) in [5.74, 6) is 0.0212. The smallest absolute Gasteiger partial charge is 0.224 e. The Hall–Kier alpha value is -1.52. The van der Waals surface area contributed by atoms with E-state index in [4.69, 9.17) is 11.6 Å². The topological polar surface area (TPSA) is 41.1 Å². The van der Waals surface area contributed by atoms with Crippen LogP contribution >= 0.6 is 22.9 Å². The molecular weight excluding hydrogens is 304 g/mol. The second-order valence-corrected chi connectivity index (χ2v) is 6.47. The summed E-state index contributed by atoms with van der Waals surface area (Å²) in [6.07, 6.45) is 0.473. The van der Waals surface area contributed by atoms with E-state index in [1.807, 2.05) is 38.1 Å². The van der Waals surface area contributed by atoms with Crippen LogP contribution < -0.4 is 10.6 Å². The number of anilines is 2. The van der Waals surface area contributed by atoms with E-state index < -0.39 is 0 Å². The van der Waals surface area contributed by atoms with Crippen molar-refractivity contribution >= 4 is 40.2 Å². The van der Waals surface area contributed by atoms with Crippen LogP contribution in [0.1, 0.15) is 37.4 Å². The van der Waals surface area contributed by atoms with Crippen LogP contribution in [-0.2, 0) is 4.79 Å². The Labute approximate surface area is 134 Å². The number of halogens is 1. The zero-order chi connectivity index (χ0) is 15.4. The molecule has 112 valence electrons. The third-order valence-electron chi connectivity index (χ3n) is 3.39. The van der Waals surface area contributed by atoms with Gasteiger partial charge in [-0.1, -0.05) is 24.6 Å². The van der Waals surface area contributed by atoms with Crippen LogP contribution in [0, 0.1) is 6.92 Å². The van der Waals surface area contributed by atoms with Crippen molar-refractivity contribution in [1.82, 2.24) is 0 Å². The Bertz CT molecular complexity index is 639. The molecule has 2 aromatic rings. The number of rotatable bonds is 5. The summed E-state index contributed by atoms with van der Waals surface area (Å²) in [7, 11) is 0. The van der Waals surface area contributed by atoms with Crippen LogP contribution in [0.25, 0.3) is 0 Å². The van der Waals surface area contributed by atoms with E-state index in [1.165, 1.54) is 11.3 Å². The average molecular weight is 323 g/mol. The maximum absolute atomic E-state index is 11.5. The molecule has 3 nitrogen and oxygen atoms in total. The predicted molar refractivity (Wildman–Crippen MR) is 91.5 cm³/mol. The number of carbonyl (C=O) groups excluding carboxylic acids is 1. The van der Waals surface area contributed by atoms with Crippen molar-refractivity contribution in [2.75, 3.05) is 10.6 Å². The highest BCUT2D eigenvalue weighted by molar-refractivity contribution is 7.14. The molecule has 0 fully saturated rings. The molecule has 1 unspecified atom stereocenters. The van der Waals surface area contributed by atoms with Crippen molar-refractivity contribution in [3.05, 3.63) is 45.1 Å². The van der Waals surface area contributed by atoms with Crippen molar-refractivity contribution in [3.63, 3.8) is 0 Å². The molecule has 1 aromatic heterocycles. The first kappa shape index (κ1) is 15.9. The van der Waals surface area contributed by atoms with E-state index in [0.717, 1.165) is 26.8 Å². The summed E-state index contributed by atoms with van der Waals surface area (Å²) < 4.78 is 0.791. The average Bonchev–Trinajstić information content (AvgIpc) is 2.89. The van der Waals surface area contributed by atoms with Gasteiger partial charge in [0.2, 0.25) is 5.91 Å². The number of amides is 1. The Kier molecular flexibility index (Phi) is 5.26. The van der Waals surface area contributed by atoms with Crippen molar-refractivity contribution < 1.29 is 4.79 Å². The van der Waals surface area contributed by atoms with Crippen molar-refractivity contribution in [1.29, 1.82) is 0 Å². The zero-order valence-electron chi connectivity index (χ0n) is 12.4. The zero-order valence-corrected chi connectivity index (χ0v) is 13.9. The monoisotopic (exact) mass is 322 g/mol. The van der Waals surface area contributed by atoms with Gasteiger partial charge in [0.1, 0.15) is 0 Å². The van der Waals surface area contributed by atoms with Crippen LogP contribution in [0.2, 0.25) is 4.34 Å². The molecular formula is C16H19ClN2OS. The van der Waals surface area contributed by atoms with Crippen molar-refractivity contribution in [3.8, 4) is 0 Å². The Morgan fingerprint density at radius 1 is 1.38 bits per heavy atom. The van der Waals surface area contributed by atoms with Crippen LogP contribution in [0.4, 0.5) is 11.4 Å². The van der Waals surface area contributed by atoms with Crippen molar-refractivity contribution in [2.24, 2.45) is 0 Å². The molecule has 1 atom stereocenters. The molecule has 0 radical (unpaired) electrons. The number of hydrogen-bond acceptors (Lipinski definition) is 3. The second kappa shape index (κ2) is 6.96. The van der Waals surface area contributed by atoms with Crippen LogP contribution in [0.3, 0.4) is 0 Å². The lowest BCUT2D eigenvalue weighted by molar-refractivity contribution is -0.115. The fourth-order valence-corrected chi connectivity index (χ4v) is 3.02. The first-order chi connectivity index (χ1) is 10.0. The number of nitrogens with one attached hydrogen (secondary N) is 2. The van der Waals surface area contributed by atoms with Crippen molar-refractivity contribution in [2.45, 2.75) is 33.2 Å². The van der Waals surface area contributed by atoms with Crippen LogP contribution in [0.15, 0.2) is 29.6 Å². The van der Waals surface area contributed by atoms with Gasteiger partial charge in [-0.05, 0) is 48.6 Å². The summed E-state index contributed by atoms with van der Waals surface area (Å²) in [5.41, 5.74) is 4.06. The van der Waals surface area contributed by atoms with Gasteiger partial charge in [0, 0.05) is 23.8 Å². The fraction of sp³-hybridized carbons (Fsp3) is 0.312. The second-order valence-electron chi connectivity index (χ2n) is 4.93. The van der Waals surface area contributed by atoms with E-state index >= 15 is 0 Å². The molecule has 1 heterocycles. The molecule has 0 bridgehead atoms. The summed E-state index contributed by atoms with van der Waals surface area (Å²) in [6.45, 7) is 5.94. The predicted octanol–water partition coefficient (Wildman–Crippen LogP) is 5.23. The quantitative estimate of drug-likeness (QED) is 0.791. The van der Waals surface area contributed by atoms with Crippen LogP contribution in [0.5, 0.6) is 0 Å². The van der Waals surface area contributed by atoms with Gasteiger partial charge >= 0.3 is 0 Å². The number of benzene rings is 1. The molecule has 0 saturated heterocycles. The summed E-state index contributed by atoms with van der Waals surface area (Å²) in [6, 6.07) is 8.00. The standard InChI is InChI=1S/C16H19ClN2OS/c1-4-16(20)19-14-7-5-6-13(10(14)2)18-11(3)12-8-15(17)21-9-12/h5-9,11,18H,4H2,1-3H3,(H,19,20). The summed E-state index contributed by atoms with van der Waals surface area (Å²) in [5, 5.41) is 8.44. The Morgan fingerprint density at radius 3 is 2.71 bits per heavy atom. The molecule has 5 heteroatoms. The lowest BCUT2D eigenvalue weighted by Gasteiger charge is -2.18. The Balaban J connectivity index is 2.16. The van der Waals surface area contributed by atoms with E-state index in [0.29, 0.717) is 6.42 Å². The highest BCUT2D eigenvalue weighted by Crippen LogP contribution is 2.30. The third kappa shape index (κ3) is 3.99. The van der Waals surface area contributed by atoms with Gasteiger partial charge in [-0.15, -0.1) is 11.3 Å². The van der Waals surface area contributed by atoms with Gasteiger partial charge in [-0.3, -0.25) is 4.79 Å². The highest BCUT2D eigenvalue weighted by Gasteiger charge is 2.11. The molecule has 0 aliphatic rings. The minimum absolute atomic E-state index is 0.0212. The number of thiophene rings is 1. The van der Waals surface area contributed by atoms with E-state index in [-0.39, 0.29) is 11.9 Å². The third-order valence-corrected chi connectivity index (χ3v) is 4.50. The number of carbonyl (C=O) groups is 1. The minimum Gasteiger partial charge on any atom is -0.378 e. The van der Waals surface area contributed by atoms with E-state index in [2.05, 4.69) is 22.9 Å². The number of hydrogen-bond donors (Lipinski definition) is 2. The molecule has 0 saturated carbocycles. The van der Waals surface area contributed by atoms with Gasteiger partial charge < -0.3 is 10.6 Å². The molecule has 0 spiro atoms. The molecule has 1 aromatic carbocycles. The molecule has 0 aliphatic carbocycles. The molecule has 0 aliphatic heterocycles. The minimum atomic E-state index is 0.0212. The van der Waals surface area contributed by atoms with Gasteiger partial charge in [-0.25, -0.2) is 0 Å². The maximum atomic E-state index is 11.5. The Morgan fingerprint density at radius 2 is 2.10 bits per heavy atom. The van der Waals surface area contributed by atoms with Gasteiger partial charge in [-0.2, -0.15) is 0 Å². The van der Waals surface area contributed by atoms with E-state index in [1.54, 1.807) is 0 Å². The fourth-order valence-electron chi connectivity index (χ4n) is 2.03. The molecule has 2 N–H and O–H groups in total. The van der Waals surface area contributed by atoms with Gasteiger partial charge in [0.05, 0.1) is 4.34 Å². The largest absolute Gasteiger partial charge is 0.378 e. The SMILES string of the molecule is CCC(=O)Nc1cccc(NC(C)c2csc(Cl)c2)c1C. The summed E-state index contributed by atoms with van der Waals surface area (Å²) in [4.78, 5) is 11.5. The lowest BCUT2D eigenvalue weighted by Crippen LogP contribution is -2.12. The molecule has 2 rings (SSSR count). The lowest BCUT2D eigenvalue weighted by atomic mass is 10.1. The maximum Gasteiger partial charge on any atom is 0.224 e. The first-order valence-electron chi connectivity index (χ1n) is 6.91. The normalized spacial score (nSPS) is 12.0. The first-order valence-corrected chi connectivity index (χ1v) is 8.17. The van der Waals surface area contributed by atoms with Crippen LogP contribution in [-0.4, -0.2) is 5.91 Å². The van der Waals surface area contributed by atoms with Gasteiger partial charge in [0.25, 0.3) is 0 Å². The molecule has 21 heavy (non-hydrogen) atoms. The highest BCUT2D eigenvalue weighted by atomic mass is 35.5. The van der Waals surface area contributed by atoms with E-state index in [9.17, 15) is 4.79 Å². The molecule has 1 amide bonds. The summed E-state index contributed by atoms with van der Waals surface area (Å²) >= 11 is 7.51. The van der Waals surface area contributed by atoms with Gasteiger partial charge in [0.15, 0.2) is 0 Å².